The van der Waals surface area contributed by atoms with Crippen LogP contribution < -0.4 is 5.32 Å². The van der Waals surface area contributed by atoms with Crippen LogP contribution in [-0.2, 0) is 17.8 Å². The van der Waals surface area contributed by atoms with Crippen LogP contribution in [0.15, 0.2) is 30.3 Å². The first-order chi connectivity index (χ1) is 12.3. The minimum absolute atomic E-state index is 0.0435. The van der Waals surface area contributed by atoms with Gasteiger partial charge in [-0.1, -0.05) is 6.07 Å². The normalized spacial score (nSPS) is 16.4. The van der Waals surface area contributed by atoms with Crippen molar-refractivity contribution in [3.63, 3.8) is 0 Å². The number of nitrogens with zero attached hydrogens (tertiary/aromatic N) is 1. The van der Waals surface area contributed by atoms with Gasteiger partial charge in [0.25, 0.3) is 5.91 Å². The van der Waals surface area contributed by atoms with Gasteiger partial charge in [0.2, 0.25) is 5.91 Å². The lowest BCUT2D eigenvalue weighted by Gasteiger charge is -2.32. The van der Waals surface area contributed by atoms with Crippen LogP contribution in [0.4, 0.5) is 13.2 Å². The average molecular weight is 362 g/mol. The quantitative estimate of drug-likeness (QED) is 0.912. The molecule has 0 aromatic heterocycles. The van der Waals surface area contributed by atoms with Gasteiger partial charge in [-0.15, -0.1) is 0 Å². The largest absolute Gasteiger partial charge is 0.348 e. The number of rotatable bonds is 3. The third kappa shape index (κ3) is 3.29. The monoisotopic (exact) mass is 362 g/mol. The van der Waals surface area contributed by atoms with E-state index in [1.54, 1.807) is 30.1 Å². The fourth-order valence-corrected chi connectivity index (χ4v) is 3.03. The molecule has 1 N–H and O–H groups in total. The molecule has 1 heterocycles. The van der Waals surface area contributed by atoms with Gasteiger partial charge in [-0.2, -0.15) is 0 Å². The van der Waals surface area contributed by atoms with Crippen LogP contribution >= 0.6 is 0 Å². The Morgan fingerprint density at radius 2 is 1.85 bits per heavy atom. The van der Waals surface area contributed by atoms with Crippen molar-refractivity contribution in [2.45, 2.75) is 25.9 Å². The maximum atomic E-state index is 13.6. The summed E-state index contributed by atoms with van der Waals surface area (Å²) in [6.07, 6.45) is 0.193. The van der Waals surface area contributed by atoms with Crippen LogP contribution in [0.2, 0.25) is 0 Å². The number of fused-ring (bicyclic) bond motifs is 1. The van der Waals surface area contributed by atoms with Gasteiger partial charge in [0, 0.05) is 36.9 Å². The first-order valence-electron chi connectivity index (χ1n) is 8.08. The number of amides is 2. The molecule has 2 aromatic carbocycles. The van der Waals surface area contributed by atoms with Crippen molar-refractivity contribution in [2.24, 2.45) is 0 Å². The van der Waals surface area contributed by atoms with E-state index in [2.05, 4.69) is 5.32 Å². The van der Waals surface area contributed by atoms with Crippen LogP contribution in [-0.4, -0.2) is 23.8 Å². The first kappa shape index (κ1) is 18.0. The van der Waals surface area contributed by atoms with Crippen LogP contribution in [0.3, 0.4) is 0 Å². The summed E-state index contributed by atoms with van der Waals surface area (Å²) in [5.74, 6) is -3.71. The van der Waals surface area contributed by atoms with Crippen molar-refractivity contribution in [1.29, 1.82) is 0 Å². The zero-order valence-electron chi connectivity index (χ0n) is 14.3. The van der Waals surface area contributed by atoms with E-state index < -0.39 is 35.5 Å². The molecule has 2 aromatic rings. The van der Waals surface area contributed by atoms with E-state index in [-0.39, 0.29) is 23.9 Å². The Labute approximate surface area is 148 Å². The summed E-state index contributed by atoms with van der Waals surface area (Å²) in [4.78, 5) is 25.9. The number of nitrogens with one attached hydrogen (secondary N) is 1. The molecule has 0 saturated carbocycles. The summed E-state index contributed by atoms with van der Waals surface area (Å²) in [6.45, 7) is 1.49. The highest BCUT2D eigenvalue weighted by atomic mass is 19.1. The fourth-order valence-electron chi connectivity index (χ4n) is 3.03. The summed E-state index contributed by atoms with van der Waals surface area (Å²) >= 11 is 0. The Morgan fingerprint density at radius 1 is 1.19 bits per heavy atom. The Bertz CT molecular complexity index is 875. The third-order valence-corrected chi connectivity index (χ3v) is 4.70. The topological polar surface area (TPSA) is 49.4 Å². The molecule has 0 fully saturated rings. The predicted molar refractivity (Wildman–Crippen MR) is 88.8 cm³/mol. The Kier molecular flexibility index (Phi) is 4.71. The number of hydrogen-bond donors (Lipinski definition) is 1. The molecule has 136 valence electrons. The summed E-state index contributed by atoms with van der Waals surface area (Å²) < 4.78 is 40.2. The highest BCUT2D eigenvalue weighted by molar-refractivity contribution is 5.95. The second-order valence-electron chi connectivity index (χ2n) is 6.30. The molecule has 3 rings (SSSR count). The first-order valence-corrected chi connectivity index (χ1v) is 8.08. The summed E-state index contributed by atoms with van der Waals surface area (Å²) in [5.41, 5.74) is 1.59. The Balaban J connectivity index is 1.78. The van der Waals surface area contributed by atoms with Gasteiger partial charge < -0.3 is 10.2 Å². The van der Waals surface area contributed by atoms with E-state index in [1.807, 2.05) is 6.92 Å². The predicted octanol–water partition coefficient (Wildman–Crippen LogP) is 3.11. The maximum Gasteiger partial charge on any atom is 0.251 e. The van der Waals surface area contributed by atoms with Gasteiger partial charge in [-0.3, -0.25) is 9.59 Å². The lowest BCUT2D eigenvalue weighted by molar-refractivity contribution is -0.132. The van der Waals surface area contributed by atoms with Crippen LogP contribution in [0.1, 0.15) is 40.0 Å². The van der Waals surface area contributed by atoms with Gasteiger partial charge in [-0.05, 0) is 30.2 Å². The van der Waals surface area contributed by atoms with Crippen LogP contribution in [0.5, 0.6) is 0 Å². The van der Waals surface area contributed by atoms with E-state index in [9.17, 15) is 22.8 Å². The van der Waals surface area contributed by atoms with Crippen molar-refractivity contribution in [1.82, 2.24) is 10.2 Å². The zero-order valence-corrected chi connectivity index (χ0v) is 14.3. The van der Waals surface area contributed by atoms with Gasteiger partial charge >= 0.3 is 0 Å². The van der Waals surface area contributed by atoms with Crippen LogP contribution in [0.25, 0.3) is 0 Å². The molecule has 26 heavy (non-hydrogen) atoms. The van der Waals surface area contributed by atoms with Gasteiger partial charge in [0.15, 0.2) is 0 Å². The van der Waals surface area contributed by atoms with Crippen molar-refractivity contribution in [2.75, 3.05) is 7.05 Å². The van der Waals surface area contributed by atoms with Crippen LogP contribution in [0, 0.1) is 17.5 Å². The van der Waals surface area contributed by atoms with Gasteiger partial charge in [-0.25, -0.2) is 13.2 Å². The third-order valence-electron chi connectivity index (χ3n) is 4.70. The number of hydrogen-bond acceptors (Lipinski definition) is 2. The Morgan fingerprint density at radius 3 is 2.50 bits per heavy atom. The molecular formula is C19H17F3N2O2. The highest BCUT2D eigenvalue weighted by Crippen LogP contribution is 2.29. The lowest BCUT2D eigenvalue weighted by atomic mass is 9.91. The summed E-state index contributed by atoms with van der Waals surface area (Å²) in [6, 6.07) is 6.03. The molecule has 0 bridgehead atoms. The SMILES string of the molecule is CC1c2ccc(C(=O)NCc3c(F)cc(F)cc3F)cc2CC(=O)N1C. The zero-order chi connectivity index (χ0) is 19.0. The molecule has 1 aliphatic heterocycles. The number of carbonyl (C=O) groups excluding carboxylic acids is 2. The smallest absolute Gasteiger partial charge is 0.251 e. The van der Waals surface area contributed by atoms with Gasteiger partial charge in [0.1, 0.15) is 17.5 Å². The lowest BCUT2D eigenvalue weighted by Crippen LogP contribution is -2.36. The molecule has 2 amide bonds. The second-order valence-corrected chi connectivity index (χ2v) is 6.30. The fraction of sp³-hybridized carbons (Fsp3) is 0.263. The molecule has 1 aliphatic rings. The number of benzene rings is 2. The van der Waals surface area contributed by atoms with Crippen molar-refractivity contribution >= 4 is 11.8 Å². The van der Waals surface area contributed by atoms with Gasteiger partial charge in [0.05, 0.1) is 12.5 Å². The van der Waals surface area contributed by atoms with E-state index in [0.717, 1.165) is 11.1 Å². The van der Waals surface area contributed by atoms with Crippen molar-refractivity contribution in [3.05, 3.63) is 70.0 Å². The molecule has 1 unspecified atom stereocenters. The van der Waals surface area contributed by atoms with E-state index in [4.69, 9.17) is 0 Å². The molecular weight excluding hydrogens is 345 g/mol. The highest BCUT2D eigenvalue weighted by Gasteiger charge is 2.27. The molecule has 1 atom stereocenters. The summed E-state index contributed by atoms with van der Waals surface area (Å²) in [7, 11) is 1.72. The maximum absolute atomic E-state index is 13.6. The average Bonchev–Trinajstić information content (AvgIpc) is 2.58. The van der Waals surface area contributed by atoms with E-state index in [1.165, 1.54) is 0 Å². The molecule has 0 saturated heterocycles. The second kappa shape index (κ2) is 6.82. The standard InChI is InChI=1S/C19H17F3N2O2/c1-10-14-4-3-11(5-12(14)6-18(25)24(10)2)19(26)23-9-15-16(21)7-13(20)8-17(15)22/h3-5,7-8,10H,6,9H2,1-2H3,(H,23,26). The Hall–Kier alpha value is -2.83. The number of halogens is 3. The molecule has 4 nitrogen and oxygen atoms in total. The van der Waals surface area contributed by atoms with Crippen molar-refractivity contribution < 1.29 is 22.8 Å². The molecule has 0 spiro atoms. The van der Waals surface area contributed by atoms with E-state index in [0.29, 0.717) is 12.1 Å². The number of carbonyl (C=O) groups is 2. The number of likely N-dealkylation sites (N-methyl/N-ethyl adjacent to an activating group) is 1. The van der Waals surface area contributed by atoms with Crippen molar-refractivity contribution in [3.8, 4) is 0 Å². The minimum Gasteiger partial charge on any atom is -0.348 e. The molecule has 0 aliphatic carbocycles. The summed E-state index contributed by atoms with van der Waals surface area (Å²) in [5, 5.41) is 2.42. The molecule has 7 heteroatoms. The minimum atomic E-state index is -1.06. The van der Waals surface area contributed by atoms with E-state index >= 15 is 0 Å². The molecule has 0 radical (unpaired) electrons.